The zero-order valence-electron chi connectivity index (χ0n) is 26.1. The van der Waals surface area contributed by atoms with Crippen LogP contribution in [0.1, 0.15) is 35.3 Å². The van der Waals surface area contributed by atoms with Crippen LogP contribution in [0.5, 0.6) is 0 Å². The maximum atomic E-state index is 14.3. The molecule has 0 spiro atoms. The number of nitrogens with zero attached hydrogens (tertiary/aromatic N) is 5. The molecule has 3 heterocycles. The zero-order valence-corrected chi connectivity index (χ0v) is 26.8. The van der Waals surface area contributed by atoms with Gasteiger partial charge < -0.3 is 10.8 Å². The van der Waals surface area contributed by atoms with E-state index in [1.165, 1.54) is 17.7 Å². The molecule has 0 aliphatic carbocycles. The van der Waals surface area contributed by atoms with Gasteiger partial charge in [0.1, 0.15) is 5.69 Å². The number of carbonyl (C=O) groups is 1. The first-order valence-corrected chi connectivity index (χ1v) is 14.4. The molecule has 3 aromatic heterocycles. The molecule has 0 aliphatic rings. The molecule has 0 bridgehead atoms. The minimum Gasteiger partial charge on any atom is -0.480 e. The van der Waals surface area contributed by atoms with E-state index >= 15 is 0 Å². The Hall–Kier alpha value is -5.25. The minimum atomic E-state index is -4.56. The molecule has 9 nitrogen and oxygen atoms in total. The van der Waals surface area contributed by atoms with Crippen LogP contribution in [-0.2, 0) is 23.9 Å². The van der Waals surface area contributed by atoms with Gasteiger partial charge in [0, 0.05) is 22.7 Å². The van der Waals surface area contributed by atoms with Crippen LogP contribution in [0.2, 0.25) is 5.02 Å². The molecule has 246 valence electrons. The topological polar surface area (TPSA) is 128 Å². The molecular formula is C34H34ClF3N6O3. The van der Waals surface area contributed by atoms with Gasteiger partial charge >= 0.3 is 12.1 Å². The smallest absolute Gasteiger partial charge is 0.433 e. The summed E-state index contributed by atoms with van der Waals surface area (Å²) in [5, 5.41) is 16.9. The monoisotopic (exact) mass is 666 g/mol. The molecule has 0 aliphatic heterocycles. The first-order valence-electron chi connectivity index (χ1n) is 14.0. The molecular weight excluding hydrogens is 633 g/mol. The number of nitrogens with two attached hydrogens (primary N) is 1. The van der Waals surface area contributed by atoms with Crippen molar-refractivity contribution in [3.8, 4) is 35.1 Å². The fourth-order valence-corrected chi connectivity index (χ4v) is 4.60. The maximum Gasteiger partial charge on any atom is 0.433 e. The third-order valence-corrected chi connectivity index (χ3v) is 6.89. The number of hydrogen-bond acceptors (Lipinski definition) is 6. The van der Waals surface area contributed by atoms with Gasteiger partial charge in [0.15, 0.2) is 11.5 Å². The van der Waals surface area contributed by atoms with Gasteiger partial charge in [0.2, 0.25) is 0 Å². The quantitative estimate of drug-likeness (QED) is 0.154. The van der Waals surface area contributed by atoms with Crippen molar-refractivity contribution in [1.29, 1.82) is 0 Å². The fraction of sp³-hybridized carbons (Fsp3) is 0.206. The molecule has 0 fully saturated rings. The highest BCUT2D eigenvalue weighted by Gasteiger charge is 2.33. The van der Waals surface area contributed by atoms with Gasteiger partial charge in [0.25, 0.3) is 5.56 Å². The molecule has 2 aromatic carbocycles. The predicted molar refractivity (Wildman–Crippen MR) is 178 cm³/mol. The number of alkyl halides is 3. The third-order valence-electron chi connectivity index (χ3n) is 6.64. The van der Waals surface area contributed by atoms with Crippen molar-refractivity contribution in [2.24, 2.45) is 5.73 Å². The zero-order chi connectivity index (χ0) is 35.5. The summed E-state index contributed by atoms with van der Waals surface area (Å²) in [5.74, 6) is -0.421. The summed E-state index contributed by atoms with van der Waals surface area (Å²) in [6.45, 7) is 11.1. The van der Waals surface area contributed by atoms with Crippen LogP contribution in [0.3, 0.4) is 0 Å². The van der Waals surface area contributed by atoms with E-state index in [-0.39, 0.29) is 24.3 Å². The van der Waals surface area contributed by atoms with Crippen molar-refractivity contribution < 1.29 is 23.1 Å². The van der Waals surface area contributed by atoms with Crippen molar-refractivity contribution in [2.75, 3.05) is 6.54 Å². The second kappa shape index (κ2) is 16.9. The van der Waals surface area contributed by atoms with E-state index in [2.05, 4.69) is 46.9 Å². The lowest BCUT2D eigenvalue weighted by molar-refractivity contribution is -0.141. The molecule has 3 N–H and O–H groups in total. The molecule has 5 rings (SSSR count). The second-order valence-corrected chi connectivity index (χ2v) is 10.1. The predicted octanol–water partition coefficient (Wildman–Crippen LogP) is 6.60. The molecule has 0 atom stereocenters. The third kappa shape index (κ3) is 8.94. The Morgan fingerprint density at radius 3 is 1.98 bits per heavy atom. The lowest BCUT2D eigenvalue weighted by Gasteiger charge is -2.18. The maximum absolute atomic E-state index is 14.3. The first kappa shape index (κ1) is 37.9. The summed E-state index contributed by atoms with van der Waals surface area (Å²) < 4.78 is 42.7. The van der Waals surface area contributed by atoms with Gasteiger partial charge in [-0.05, 0) is 48.7 Å². The highest BCUT2D eigenvalue weighted by atomic mass is 35.5. The largest absolute Gasteiger partial charge is 0.480 e. The number of fused-ring (bicyclic) bond motifs is 1. The van der Waals surface area contributed by atoms with Crippen LogP contribution in [-0.4, -0.2) is 42.0 Å². The molecule has 13 heteroatoms. The average molecular weight is 667 g/mol. The number of aliphatic carboxylic acids is 1. The molecule has 0 amide bonds. The van der Waals surface area contributed by atoms with E-state index in [4.69, 9.17) is 16.7 Å². The van der Waals surface area contributed by atoms with Gasteiger partial charge in [-0.25, -0.2) is 14.2 Å². The van der Waals surface area contributed by atoms with Crippen LogP contribution >= 0.6 is 11.6 Å². The minimum absolute atomic E-state index is 0.0217. The number of carboxylic acid groups (broad SMARTS) is 1. The van der Waals surface area contributed by atoms with Gasteiger partial charge in [-0.2, -0.15) is 13.2 Å². The van der Waals surface area contributed by atoms with Crippen LogP contribution in [0.4, 0.5) is 13.2 Å². The normalized spacial score (nSPS) is 10.5. The number of halogens is 4. The number of terminal acetylenes is 1. The van der Waals surface area contributed by atoms with Crippen LogP contribution in [0, 0.1) is 26.7 Å². The molecule has 0 radical (unpaired) electrons. The lowest BCUT2D eigenvalue weighted by Crippen LogP contribution is -2.30. The lowest BCUT2D eigenvalue weighted by atomic mass is 9.96. The van der Waals surface area contributed by atoms with E-state index in [9.17, 15) is 22.8 Å². The van der Waals surface area contributed by atoms with Crippen molar-refractivity contribution in [2.45, 2.75) is 39.9 Å². The number of benzene rings is 2. The first-order chi connectivity index (χ1) is 22.3. The highest BCUT2D eigenvalue weighted by Crippen LogP contribution is 2.34. The van der Waals surface area contributed by atoms with Gasteiger partial charge in [-0.3, -0.25) is 9.59 Å². The fourth-order valence-electron chi connectivity index (χ4n) is 4.48. The van der Waals surface area contributed by atoms with Crippen molar-refractivity contribution >= 4 is 23.2 Å². The van der Waals surface area contributed by atoms with Crippen molar-refractivity contribution in [1.82, 2.24) is 24.4 Å². The van der Waals surface area contributed by atoms with E-state index in [1.54, 1.807) is 28.8 Å². The Kier molecular flexibility index (Phi) is 13.6. The van der Waals surface area contributed by atoms with Crippen molar-refractivity contribution in [3.05, 3.63) is 118 Å². The number of aromatic nitrogens is 5. The average Bonchev–Trinajstić information content (AvgIpc) is 3.49. The van der Waals surface area contributed by atoms with E-state index < -0.39 is 17.8 Å². The highest BCUT2D eigenvalue weighted by molar-refractivity contribution is 6.30. The summed E-state index contributed by atoms with van der Waals surface area (Å²) in [6, 6.07) is 17.0. The van der Waals surface area contributed by atoms with Crippen LogP contribution in [0.15, 0.2) is 78.6 Å². The van der Waals surface area contributed by atoms with Gasteiger partial charge in [-0.1, -0.05) is 66.6 Å². The Labute approximate surface area is 275 Å². The number of rotatable bonds is 6. The molecule has 0 saturated carbocycles. The van der Waals surface area contributed by atoms with E-state index in [1.807, 2.05) is 38.1 Å². The summed E-state index contributed by atoms with van der Waals surface area (Å²) in [4.78, 5) is 27.3. The number of hydrogen-bond donors (Lipinski definition) is 2. The Morgan fingerprint density at radius 1 is 0.957 bits per heavy atom. The van der Waals surface area contributed by atoms with Crippen LogP contribution in [0.25, 0.3) is 27.9 Å². The molecule has 0 saturated heterocycles. The van der Waals surface area contributed by atoms with E-state index in [0.717, 1.165) is 17.2 Å². The summed E-state index contributed by atoms with van der Waals surface area (Å²) in [7, 11) is 0. The van der Waals surface area contributed by atoms with Gasteiger partial charge in [0.05, 0.1) is 18.7 Å². The Morgan fingerprint density at radius 2 is 1.49 bits per heavy atom. The number of pyridine rings is 1. The summed E-state index contributed by atoms with van der Waals surface area (Å²) in [5.41, 5.74) is 7.86. The van der Waals surface area contributed by atoms with Crippen LogP contribution < -0.4 is 11.3 Å². The molecule has 5 aromatic rings. The summed E-state index contributed by atoms with van der Waals surface area (Å²) in [6.07, 6.45) is 3.92. The number of carboxylic acids is 1. The Bertz CT molecular complexity index is 1900. The Balaban J connectivity index is 0.000000769. The van der Waals surface area contributed by atoms with Gasteiger partial charge in [-0.15, -0.1) is 36.2 Å². The number of aryl methyl sites for hydroxylation is 3. The molecule has 47 heavy (non-hydrogen) atoms. The molecule has 0 unspecified atom stereocenters. The second-order valence-electron chi connectivity index (χ2n) is 9.63. The standard InChI is InChI=1S/C28H23ClF3N5O.C2H5NO2.C2H4.C2H2/c1-4-23-34-35-26-24(18-7-5-16(2)6-8-18)25(19-9-12-21(29)13-10-19)27(38)36(37(23)26)15-20-11-14-22(28(30,31)32)33-17(20)3;3-1-2(4)5;2*1-2/h5-14H,4,15H2,1-3H3;1,3H2,(H,4,5);1-2H2;1-2H. The van der Waals surface area contributed by atoms with E-state index in [0.29, 0.717) is 45.2 Å². The summed E-state index contributed by atoms with van der Waals surface area (Å²) >= 11 is 6.13. The van der Waals surface area contributed by atoms with Crippen molar-refractivity contribution in [3.63, 3.8) is 0 Å². The SMILES string of the molecule is C#C.C=C.CCc1nnc2c(-c3ccc(C)cc3)c(-c3ccc(Cl)cc3)c(=O)n(Cc3ccc(C(F)(F)F)nc3C)n12.NCC(=O)O.